The highest BCUT2D eigenvalue weighted by Gasteiger charge is 2.19. The molecule has 1 aromatic carbocycles. The summed E-state index contributed by atoms with van der Waals surface area (Å²) in [7, 11) is -3.22. The third-order valence-corrected chi connectivity index (χ3v) is 5.72. The van der Waals surface area contributed by atoms with E-state index in [1.807, 2.05) is 0 Å². The molecule has 1 atom stereocenters. The summed E-state index contributed by atoms with van der Waals surface area (Å²) in [5, 5.41) is -0.201. The van der Waals surface area contributed by atoms with Gasteiger partial charge in [-0.25, -0.2) is 18.8 Å². The molecule has 0 aliphatic heterocycles. The Kier molecular flexibility index (Phi) is 4.70. The van der Waals surface area contributed by atoms with Gasteiger partial charge in [0.1, 0.15) is 15.2 Å². The number of nitrogen functional groups attached to an aromatic ring is 1. The second-order valence-corrected chi connectivity index (χ2v) is 8.17. The summed E-state index contributed by atoms with van der Waals surface area (Å²) in [5.74, 6) is -0.536. The Morgan fingerprint density at radius 2 is 2.11 bits per heavy atom. The molecule has 0 aliphatic rings. The van der Waals surface area contributed by atoms with Crippen LogP contribution >= 0.6 is 0 Å². The van der Waals surface area contributed by atoms with Gasteiger partial charge in [-0.2, -0.15) is 4.98 Å². The predicted molar refractivity (Wildman–Crippen MR) is 101 cm³/mol. The summed E-state index contributed by atoms with van der Waals surface area (Å²) in [6, 6.07) is 6.53. The number of H-pyrrole nitrogens is 1. The van der Waals surface area contributed by atoms with Crippen molar-refractivity contribution >= 4 is 32.6 Å². The lowest BCUT2D eigenvalue weighted by molar-refractivity contribution is 0.1000. The van der Waals surface area contributed by atoms with Gasteiger partial charge in [-0.1, -0.05) is 19.1 Å². The summed E-state index contributed by atoms with van der Waals surface area (Å²) in [5.41, 5.74) is 12.0. The van der Waals surface area contributed by atoms with Gasteiger partial charge >= 0.3 is 5.69 Å². The van der Waals surface area contributed by atoms with E-state index < -0.39 is 21.3 Å². The molecular weight excluding hydrogens is 370 g/mol. The molecule has 0 bridgehead atoms. The van der Waals surface area contributed by atoms with Gasteiger partial charge in [0.05, 0.1) is 6.54 Å². The van der Waals surface area contributed by atoms with Crippen molar-refractivity contribution in [2.45, 2.75) is 25.0 Å². The molecule has 0 saturated heterocycles. The number of carbonyl (C=O) groups is 1. The molecule has 11 heteroatoms. The van der Waals surface area contributed by atoms with Crippen LogP contribution in [0.5, 0.6) is 0 Å². The number of fused-ring (bicyclic) bond motifs is 1. The molecule has 0 fully saturated rings. The number of rotatable bonds is 6. The number of nitrogens with two attached hydrogens (primary N) is 2. The fraction of sp³-hybridized carbons (Fsp3) is 0.250. The van der Waals surface area contributed by atoms with E-state index in [9.17, 15) is 13.8 Å². The van der Waals surface area contributed by atoms with Gasteiger partial charge in [0, 0.05) is 11.3 Å². The molecule has 2 aromatic heterocycles. The van der Waals surface area contributed by atoms with Gasteiger partial charge < -0.3 is 16.5 Å². The van der Waals surface area contributed by atoms with E-state index in [4.69, 9.17) is 16.2 Å². The molecule has 0 radical (unpaired) electrons. The Morgan fingerprint density at radius 3 is 2.78 bits per heavy atom. The largest absolute Gasteiger partial charge is 0.382 e. The van der Waals surface area contributed by atoms with E-state index in [0.29, 0.717) is 17.5 Å². The Balaban J connectivity index is 2.15. The molecule has 10 nitrogen and oxygen atoms in total. The Labute approximate surface area is 154 Å². The highest BCUT2D eigenvalue weighted by Crippen LogP contribution is 2.19. The lowest BCUT2D eigenvalue weighted by atomic mass is 10.1. The zero-order valence-corrected chi connectivity index (χ0v) is 15.4. The first-order valence-corrected chi connectivity index (χ1v) is 9.87. The number of nitrogens with one attached hydrogen (secondary N) is 2. The molecule has 0 aliphatic carbocycles. The number of hydrogen-bond donors (Lipinski definition) is 4. The second-order valence-electron chi connectivity index (χ2n) is 6.05. The van der Waals surface area contributed by atoms with Gasteiger partial charge in [0.15, 0.2) is 11.5 Å². The quantitative estimate of drug-likeness (QED) is 0.451. The molecule has 1 amide bonds. The van der Waals surface area contributed by atoms with Crippen molar-refractivity contribution < 1.29 is 9.00 Å². The molecular formula is C16H19N7O3S. The molecule has 6 N–H and O–H groups in total. The third-order valence-electron chi connectivity index (χ3n) is 3.97. The molecule has 2 heterocycles. The number of nitrogens with zero attached hydrogens (tertiary/aromatic N) is 3. The van der Waals surface area contributed by atoms with Crippen LogP contribution < -0.4 is 17.2 Å². The van der Waals surface area contributed by atoms with Crippen LogP contribution in [-0.2, 0) is 16.3 Å². The van der Waals surface area contributed by atoms with Crippen molar-refractivity contribution in [1.29, 1.82) is 4.78 Å². The lowest BCUT2D eigenvalue weighted by Gasteiger charge is -2.08. The molecule has 142 valence electrons. The summed E-state index contributed by atoms with van der Waals surface area (Å²) < 4.78 is 21.8. The van der Waals surface area contributed by atoms with Crippen LogP contribution in [0.3, 0.4) is 0 Å². The van der Waals surface area contributed by atoms with E-state index >= 15 is 0 Å². The predicted octanol–water partition coefficient (Wildman–Crippen LogP) is 0.665. The lowest BCUT2D eigenvalue weighted by Crippen LogP contribution is -2.19. The van der Waals surface area contributed by atoms with Crippen molar-refractivity contribution in [3.8, 4) is 0 Å². The summed E-state index contributed by atoms with van der Waals surface area (Å²) in [6.45, 7) is 1.89. The van der Waals surface area contributed by atoms with Crippen LogP contribution in [-0.4, -0.2) is 35.4 Å². The number of amides is 1. The summed E-state index contributed by atoms with van der Waals surface area (Å²) in [6.07, 6.45) is 0.517. The maximum Gasteiger partial charge on any atom is 0.328 e. The van der Waals surface area contributed by atoms with Gasteiger partial charge in [-0.05, 0) is 24.1 Å². The van der Waals surface area contributed by atoms with Gasteiger partial charge in [0.2, 0.25) is 11.1 Å². The number of aromatic nitrogens is 4. The van der Waals surface area contributed by atoms with E-state index in [-0.39, 0.29) is 34.4 Å². The standard InChI is InChI=1S/C16H19N7O3S/c1-2-6-27(19,26)15-21-12(17)11-14(22-15)23(16(25)20-11)8-9-4-3-5-10(7-9)13(18)24/h3-5,7,19H,2,6,8H2,1H3,(H2,18,24)(H,20,25)(H2,17,21,22). The van der Waals surface area contributed by atoms with Gasteiger partial charge in [0.25, 0.3) is 0 Å². The van der Waals surface area contributed by atoms with Crippen molar-refractivity contribution in [1.82, 2.24) is 19.5 Å². The van der Waals surface area contributed by atoms with Crippen molar-refractivity contribution in [2.24, 2.45) is 5.73 Å². The minimum atomic E-state index is -3.22. The first-order chi connectivity index (χ1) is 12.7. The maximum absolute atomic E-state index is 12.5. The van der Waals surface area contributed by atoms with Crippen LogP contribution in [0.2, 0.25) is 0 Å². The van der Waals surface area contributed by atoms with Crippen molar-refractivity contribution in [2.75, 3.05) is 11.5 Å². The fourth-order valence-electron chi connectivity index (χ4n) is 2.71. The average molecular weight is 389 g/mol. The molecule has 0 saturated carbocycles. The monoisotopic (exact) mass is 389 g/mol. The third kappa shape index (κ3) is 3.53. The van der Waals surface area contributed by atoms with Crippen LogP contribution in [0.15, 0.2) is 34.2 Å². The van der Waals surface area contributed by atoms with E-state index in [1.165, 1.54) is 4.57 Å². The summed E-state index contributed by atoms with van der Waals surface area (Å²) in [4.78, 5) is 34.4. The number of hydrogen-bond acceptors (Lipinski definition) is 7. The molecule has 27 heavy (non-hydrogen) atoms. The molecule has 3 rings (SSSR count). The van der Waals surface area contributed by atoms with Crippen LogP contribution in [0.4, 0.5) is 5.82 Å². The Hall–Kier alpha value is -3.21. The first-order valence-electron chi connectivity index (χ1n) is 8.14. The van der Waals surface area contributed by atoms with E-state index in [2.05, 4.69) is 15.0 Å². The van der Waals surface area contributed by atoms with Crippen LogP contribution in [0.25, 0.3) is 11.2 Å². The number of benzene rings is 1. The normalized spacial score (nSPS) is 13.5. The number of imidazole rings is 1. The maximum atomic E-state index is 12.5. The Bertz CT molecular complexity index is 1190. The van der Waals surface area contributed by atoms with Gasteiger partial charge in [-0.15, -0.1) is 0 Å². The summed E-state index contributed by atoms with van der Waals surface area (Å²) >= 11 is 0. The van der Waals surface area contributed by atoms with Crippen molar-refractivity contribution in [3.63, 3.8) is 0 Å². The molecule has 0 spiro atoms. The van der Waals surface area contributed by atoms with E-state index in [1.54, 1.807) is 31.2 Å². The zero-order valence-electron chi connectivity index (χ0n) is 14.6. The Morgan fingerprint density at radius 1 is 1.37 bits per heavy atom. The smallest absolute Gasteiger partial charge is 0.328 e. The highest BCUT2D eigenvalue weighted by atomic mass is 32.2. The SMILES string of the molecule is CCCS(=N)(=O)c1nc(N)c2[nH]c(=O)n(Cc3cccc(C(N)=O)c3)c2n1. The highest BCUT2D eigenvalue weighted by molar-refractivity contribution is 7.92. The first kappa shape index (κ1) is 18.6. The van der Waals surface area contributed by atoms with Crippen molar-refractivity contribution in [3.05, 3.63) is 45.9 Å². The van der Waals surface area contributed by atoms with E-state index in [0.717, 1.165) is 0 Å². The number of aromatic amines is 1. The fourth-order valence-corrected chi connectivity index (χ4v) is 3.95. The minimum Gasteiger partial charge on any atom is -0.382 e. The van der Waals surface area contributed by atoms with Crippen LogP contribution in [0.1, 0.15) is 29.3 Å². The number of carbonyl (C=O) groups excluding carboxylic acids is 1. The minimum absolute atomic E-state index is 0.0483. The number of primary amides is 1. The van der Waals surface area contributed by atoms with Crippen LogP contribution in [0, 0.1) is 4.78 Å². The average Bonchev–Trinajstić information content (AvgIpc) is 2.92. The van der Waals surface area contributed by atoms with Gasteiger partial charge in [-0.3, -0.25) is 9.36 Å². The number of anilines is 1. The zero-order chi connectivity index (χ0) is 19.8. The molecule has 1 unspecified atom stereocenters. The molecule has 3 aromatic rings. The topological polar surface area (TPSA) is 174 Å². The second kappa shape index (κ2) is 6.83.